The number of aromatic carboxylic acids is 1. The van der Waals surface area contributed by atoms with Crippen LogP contribution in [0.4, 0.5) is 0 Å². The standard InChI is InChI=1S/C13H18N2O5S/c1-20-12-5-4-10(7-11(12)13(16)17)21(18,19)15-6-2-3-9(14)8-15/h4-5,7,9H,2-3,6,8,14H2,1H3,(H,16,17). The van der Waals surface area contributed by atoms with Crippen LogP contribution < -0.4 is 10.5 Å². The molecule has 1 saturated heterocycles. The Labute approximate surface area is 123 Å². The smallest absolute Gasteiger partial charge is 0.339 e. The first-order valence-corrected chi connectivity index (χ1v) is 7.97. The number of methoxy groups -OCH3 is 1. The maximum Gasteiger partial charge on any atom is 0.339 e. The Morgan fingerprint density at radius 3 is 2.76 bits per heavy atom. The molecule has 1 unspecified atom stereocenters. The molecule has 7 nitrogen and oxygen atoms in total. The van der Waals surface area contributed by atoms with Crippen molar-refractivity contribution < 1.29 is 23.1 Å². The molecule has 0 amide bonds. The Hall–Kier alpha value is -1.64. The number of benzene rings is 1. The molecular weight excluding hydrogens is 296 g/mol. The van der Waals surface area contributed by atoms with Crippen LogP contribution in [-0.4, -0.2) is 50.0 Å². The first kappa shape index (κ1) is 15.7. The van der Waals surface area contributed by atoms with Gasteiger partial charge in [0.05, 0.1) is 12.0 Å². The number of ether oxygens (including phenoxy) is 1. The summed E-state index contributed by atoms with van der Waals surface area (Å²) >= 11 is 0. The van der Waals surface area contributed by atoms with E-state index in [9.17, 15) is 13.2 Å². The number of carboxylic acid groups (broad SMARTS) is 1. The van der Waals surface area contributed by atoms with Gasteiger partial charge in [-0.1, -0.05) is 0 Å². The van der Waals surface area contributed by atoms with E-state index < -0.39 is 16.0 Å². The number of rotatable bonds is 4. The van der Waals surface area contributed by atoms with Crippen LogP contribution in [0.15, 0.2) is 23.1 Å². The van der Waals surface area contributed by atoms with Gasteiger partial charge >= 0.3 is 5.97 Å². The van der Waals surface area contributed by atoms with Crippen LogP contribution in [0.1, 0.15) is 23.2 Å². The Morgan fingerprint density at radius 2 is 2.19 bits per heavy atom. The molecule has 3 N–H and O–H groups in total. The number of hydrogen-bond donors (Lipinski definition) is 2. The van der Waals surface area contributed by atoms with Gasteiger partial charge in [0.2, 0.25) is 10.0 Å². The molecule has 1 fully saturated rings. The summed E-state index contributed by atoms with van der Waals surface area (Å²) in [7, 11) is -2.41. The molecule has 0 radical (unpaired) electrons. The Kier molecular flexibility index (Phi) is 4.50. The fourth-order valence-electron chi connectivity index (χ4n) is 2.36. The summed E-state index contributed by atoms with van der Waals surface area (Å²) in [5, 5.41) is 9.13. The average molecular weight is 314 g/mol. The van der Waals surface area contributed by atoms with E-state index in [4.69, 9.17) is 15.6 Å². The van der Waals surface area contributed by atoms with Crippen molar-refractivity contribution in [3.8, 4) is 5.75 Å². The number of carbonyl (C=O) groups is 1. The lowest BCUT2D eigenvalue weighted by atomic mass is 10.1. The maximum atomic E-state index is 12.5. The zero-order chi connectivity index (χ0) is 15.6. The van der Waals surface area contributed by atoms with Gasteiger partial charge in [-0.15, -0.1) is 0 Å². The molecule has 116 valence electrons. The van der Waals surface area contributed by atoms with Crippen LogP contribution in [0.2, 0.25) is 0 Å². The van der Waals surface area contributed by atoms with Gasteiger partial charge in [0.25, 0.3) is 0 Å². The van der Waals surface area contributed by atoms with Crippen LogP contribution in [-0.2, 0) is 10.0 Å². The molecule has 1 aromatic carbocycles. The highest BCUT2D eigenvalue weighted by Gasteiger charge is 2.30. The third kappa shape index (κ3) is 3.17. The Balaban J connectivity index is 2.40. The topological polar surface area (TPSA) is 110 Å². The summed E-state index contributed by atoms with van der Waals surface area (Å²) in [4.78, 5) is 11.1. The number of piperidine rings is 1. The van der Waals surface area contributed by atoms with E-state index in [-0.39, 0.29) is 28.8 Å². The van der Waals surface area contributed by atoms with E-state index in [1.54, 1.807) is 0 Å². The average Bonchev–Trinajstić information content (AvgIpc) is 2.46. The van der Waals surface area contributed by atoms with Gasteiger partial charge < -0.3 is 15.6 Å². The molecule has 0 bridgehead atoms. The van der Waals surface area contributed by atoms with Gasteiger partial charge in [-0.25, -0.2) is 13.2 Å². The molecular formula is C13H18N2O5S. The predicted octanol–water partition coefficient (Wildman–Crippen LogP) is 0.505. The lowest BCUT2D eigenvalue weighted by Crippen LogP contribution is -2.45. The maximum absolute atomic E-state index is 12.5. The zero-order valence-electron chi connectivity index (χ0n) is 11.7. The van der Waals surface area contributed by atoms with Crippen LogP contribution in [0, 0.1) is 0 Å². The second kappa shape index (κ2) is 6.00. The van der Waals surface area contributed by atoms with Crippen molar-refractivity contribution in [3.63, 3.8) is 0 Å². The molecule has 1 atom stereocenters. The zero-order valence-corrected chi connectivity index (χ0v) is 12.5. The molecule has 1 heterocycles. The molecule has 0 aliphatic carbocycles. The largest absolute Gasteiger partial charge is 0.496 e. The van der Waals surface area contributed by atoms with Gasteiger partial charge in [-0.3, -0.25) is 0 Å². The second-order valence-corrected chi connectivity index (χ2v) is 6.87. The summed E-state index contributed by atoms with van der Waals surface area (Å²) in [5.41, 5.74) is 5.62. The van der Waals surface area contributed by atoms with Crippen molar-refractivity contribution in [1.82, 2.24) is 4.31 Å². The molecule has 1 aliphatic rings. The van der Waals surface area contributed by atoms with Gasteiger partial charge in [-0.05, 0) is 31.0 Å². The molecule has 2 rings (SSSR count). The third-order valence-electron chi connectivity index (χ3n) is 3.46. The first-order valence-electron chi connectivity index (χ1n) is 6.53. The van der Waals surface area contributed by atoms with Gasteiger partial charge in [0.1, 0.15) is 11.3 Å². The van der Waals surface area contributed by atoms with E-state index in [0.29, 0.717) is 13.0 Å². The van der Waals surface area contributed by atoms with E-state index in [0.717, 1.165) is 12.5 Å². The molecule has 8 heteroatoms. The summed E-state index contributed by atoms with van der Waals surface area (Å²) < 4.78 is 31.3. The molecule has 0 spiro atoms. The lowest BCUT2D eigenvalue weighted by Gasteiger charge is -2.30. The number of carboxylic acids is 1. The highest BCUT2D eigenvalue weighted by atomic mass is 32.2. The summed E-state index contributed by atoms with van der Waals surface area (Å²) in [6.45, 7) is 0.640. The minimum Gasteiger partial charge on any atom is -0.496 e. The number of nitrogens with two attached hydrogens (primary N) is 1. The predicted molar refractivity (Wildman–Crippen MR) is 75.9 cm³/mol. The molecule has 21 heavy (non-hydrogen) atoms. The van der Waals surface area contributed by atoms with Gasteiger partial charge in [0, 0.05) is 19.1 Å². The molecule has 0 aromatic heterocycles. The van der Waals surface area contributed by atoms with Crippen molar-refractivity contribution in [3.05, 3.63) is 23.8 Å². The number of nitrogens with zero attached hydrogens (tertiary/aromatic N) is 1. The monoisotopic (exact) mass is 314 g/mol. The van der Waals surface area contributed by atoms with Crippen molar-refractivity contribution in [2.24, 2.45) is 5.73 Å². The van der Waals surface area contributed by atoms with Crippen LogP contribution in [0.25, 0.3) is 0 Å². The van der Waals surface area contributed by atoms with Crippen molar-refractivity contribution in [1.29, 1.82) is 0 Å². The SMILES string of the molecule is COc1ccc(S(=O)(=O)N2CCCC(N)C2)cc1C(=O)O. The minimum absolute atomic E-state index is 0.0604. The van der Waals surface area contributed by atoms with Crippen LogP contribution in [0.5, 0.6) is 5.75 Å². The van der Waals surface area contributed by atoms with Crippen LogP contribution in [0.3, 0.4) is 0 Å². The Bertz CT molecular complexity index is 644. The lowest BCUT2D eigenvalue weighted by molar-refractivity contribution is 0.0693. The number of sulfonamides is 1. The van der Waals surface area contributed by atoms with Gasteiger partial charge in [0.15, 0.2) is 0 Å². The fraction of sp³-hybridized carbons (Fsp3) is 0.462. The molecule has 1 aromatic rings. The summed E-state index contributed by atoms with van der Waals surface area (Å²) in [5.74, 6) is -1.11. The quantitative estimate of drug-likeness (QED) is 0.837. The van der Waals surface area contributed by atoms with E-state index in [2.05, 4.69) is 0 Å². The fourth-order valence-corrected chi connectivity index (χ4v) is 3.92. The Morgan fingerprint density at radius 1 is 1.48 bits per heavy atom. The summed E-state index contributed by atoms with van der Waals surface area (Å²) in [6, 6.07) is 3.63. The van der Waals surface area contributed by atoms with Gasteiger partial charge in [-0.2, -0.15) is 4.31 Å². The highest BCUT2D eigenvalue weighted by molar-refractivity contribution is 7.89. The highest BCUT2D eigenvalue weighted by Crippen LogP contribution is 2.26. The number of hydrogen-bond acceptors (Lipinski definition) is 5. The van der Waals surface area contributed by atoms with Crippen molar-refractivity contribution in [2.45, 2.75) is 23.8 Å². The van der Waals surface area contributed by atoms with Crippen molar-refractivity contribution >= 4 is 16.0 Å². The third-order valence-corrected chi connectivity index (χ3v) is 5.32. The second-order valence-electron chi connectivity index (χ2n) is 4.93. The van der Waals surface area contributed by atoms with E-state index in [1.807, 2.05) is 0 Å². The summed E-state index contributed by atoms with van der Waals surface area (Å²) in [6.07, 6.45) is 1.48. The minimum atomic E-state index is -3.74. The van der Waals surface area contributed by atoms with Crippen molar-refractivity contribution in [2.75, 3.05) is 20.2 Å². The molecule has 0 saturated carbocycles. The molecule has 1 aliphatic heterocycles. The van der Waals surface area contributed by atoms with E-state index >= 15 is 0 Å². The normalized spacial score (nSPS) is 20.2. The first-order chi connectivity index (χ1) is 9.86. The van der Waals surface area contributed by atoms with E-state index in [1.165, 1.54) is 23.5 Å². The van der Waals surface area contributed by atoms with Crippen LogP contribution >= 0.6 is 0 Å².